The highest BCUT2D eigenvalue weighted by Gasteiger charge is 2.22. The van der Waals surface area contributed by atoms with Crippen LogP contribution in [0.2, 0.25) is 0 Å². The number of rotatable bonds is 4. The van der Waals surface area contributed by atoms with Gasteiger partial charge in [-0.25, -0.2) is 0 Å². The maximum absolute atomic E-state index is 11.0. The van der Waals surface area contributed by atoms with Crippen LogP contribution in [0.15, 0.2) is 17.7 Å². The molecule has 1 heterocycles. The van der Waals surface area contributed by atoms with Gasteiger partial charge >= 0.3 is 0 Å². The molecule has 0 radical (unpaired) electrons. The summed E-state index contributed by atoms with van der Waals surface area (Å²) in [4.78, 5) is 21.2. The molecular weight excluding hydrogens is 238 g/mol. The molecule has 6 nitrogen and oxygen atoms in total. The summed E-state index contributed by atoms with van der Waals surface area (Å²) in [6.45, 7) is 1.85. The Balaban J connectivity index is 2.54. The van der Waals surface area contributed by atoms with E-state index in [0.717, 1.165) is 0 Å². The van der Waals surface area contributed by atoms with Gasteiger partial charge < -0.3 is 9.47 Å². The fourth-order valence-corrected chi connectivity index (χ4v) is 1.64. The predicted octanol–water partition coefficient (Wildman–Crippen LogP) is 2.32. The number of hydrogen-bond donors (Lipinski definition) is 0. The number of carbonyl (C=O) groups excluding carboxylic acids is 1. The minimum absolute atomic E-state index is 0.0496. The van der Waals surface area contributed by atoms with Gasteiger partial charge in [0.2, 0.25) is 6.79 Å². The largest absolute Gasteiger partial charge is 0.454 e. The molecule has 0 N–H and O–H groups in total. The molecule has 1 aromatic rings. The van der Waals surface area contributed by atoms with Gasteiger partial charge in [-0.1, -0.05) is 6.92 Å². The Labute approximate surface area is 103 Å². The van der Waals surface area contributed by atoms with E-state index in [9.17, 15) is 14.9 Å². The van der Waals surface area contributed by atoms with E-state index in [1.165, 1.54) is 18.2 Å². The molecule has 2 rings (SSSR count). The number of ether oxygens (including phenoxy) is 2. The highest BCUT2D eigenvalue weighted by atomic mass is 16.7. The van der Waals surface area contributed by atoms with Gasteiger partial charge in [0.1, 0.15) is 6.29 Å². The zero-order valence-electron chi connectivity index (χ0n) is 9.71. The molecule has 0 aliphatic carbocycles. The Hall–Kier alpha value is -2.37. The third kappa shape index (κ3) is 2.17. The molecular formula is C12H11NO5. The molecule has 0 aromatic heterocycles. The van der Waals surface area contributed by atoms with Gasteiger partial charge in [0, 0.05) is 0 Å². The van der Waals surface area contributed by atoms with E-state index in [2.05, 4.69) is 0 Å². The van der Waals surface area contributed by atoms with Crippen molar-refractivity contribution in [2.24, 2.45) is 0 Å². The molecule has 1 aliphatic rings. The van der Waals surface area contributed by atoms with E-state index in [-0.39, 0.29) is 12.5 Å². The normalized spacial score (nSPS) is 13.5. The summed E-state index contributed by atoms with van der Waals surface area (Å²) in [6, 6.07) is 2.83. The van der Waals surface area contributed by atoms with Crippen LogP contribution in [0.3, 0.4) is 0 Å². The fraction of sp³-hybridized carbons (Fsp3) is 0.250. The van der Waals surface area contributed by atoms with Gasteiger partial charge in [-0.2, -0.15) is 0 Å². The van der Waals surface area contributed by atoms with E-state index in [4.69, 9.17) is 9.47 Å². The number of allylic oxidation sites excluding steroid dienone is 1. The number of aldehydes is 1. The van der Waals surface area contributed by atoms with E-state index in [0.29, 0.717) is 35.3 Å². The first-order valence-corrected chi connectivity index (χ1v) is 5.39. The van der Waals surface area contributed by atoms with Crippen LogP contribution in [-0.4, -0.2) is 18.0 Å². The van der Waals surface area contributed by atoms with Crippen molar-refractivity contribution in [1.29, 1.82) is 0 Å². The van der Waals surface area contributed by atoms with Crippen molar-refractivity contribution in [3.05, 3.63) is 33.4 Å². The minimum atomic E-state index is -0.508. The SMILES string of the molecule is CCC(C=O)=Cc1cc2c(cc1[N+](=O)[O-])OCO2. The maximum atomic E-state index is 11.0. The Kier molecular flexibility index (Phi) is 3.27. The molecule has 0 saturated heterocycles. The highest BCUT2D eigenvalue weighted by Crippen LogP contribution is 2.38. The highest BCUT2D eigenvalue weighted by molar-refractivity contribution is 5.83. The first kappa shape index (κ1) is 12.1. The van der Waals surface area contributed by atoms with Crippen LogP contribution in [0.4, 0.5) is 5.69 Å². The van der Waals surface area contributed by atoms with Crippen LogP contribution in [-0.2, 0) is 4.79 Å². The minimum Gasteiger partial charge on any atom is -0.454 e. The maximum Gasteiger partial charge on any atom is 0.280 e. The van der Waals surface area contributed by atoms with Gasteiger partial charge in [0.05, 0.1) is 16.6 Å². The Bertz CT molecular complexity index is 536. The lowest BCUT2D eigenvalue weighted by Gasteiger charge is -2.02. The van der Waals surface area contributed by atoms with Gasteiger partial charge in [-0.15, -0.1) is 0 Å². The van der Waals surface area contributed by atoms with Crippen LogP contribution in [0.25, 0.3) is 6.08 Å². The molecule has 6 heteroatoms. The van der Waals surface area contributed by atoms with E-state index in [1.807, 2.05) is 0 Å². The number of nitrogens with zero attached hydrogens (tertiary/aromatic N) is 1. The Morgan fingerprint density at radius 2 is 2.11 bits per heavy atom. The summed E-state index contributed by atoms with van der Waals surface area (Å²) in [5.74, 6) is 0.802. The smallest absolute Gasteiger partial charge is 0.280 e. The Morgan fingerprint density at radius 1 is 1.44 bits per heavy atom. The van der Waals surface area contributed by atoms with Crippen molar-refractivity contribution in [1.82, 2.24) is 0 Å². The second-order valence-electron chi connectivity index (χ2n) is 3.71. The molecule has 0 unspecified atom stereocenters. The quantitative estimate of drug-likeness (QED) is 0.354. The third-order valence-corrected chi connectivity index (χ3v) is 2.62. The van der Waals surface area contributed by atoms with Crippen LogP contribution in [0.1, 0.15) is 18.9 Å². The topological polar surface area (TPSA) is 78.7 Å². The lowest BCUT2D eigenvalue weighted by atomic mass is 10.1. The number of benzene rings is 1. The van der Waals surface area contributed by atoms with Crippen molar-refractivity contribution >= 4 is 18.0 Å². The summed E-state index contributed by atoms with van der Waals surface area (Å²) in [7, 11) is 0. The molecule has 0 atom stereocenters. The average molecular weight is 249 g/mol. The molecule has 18 heavy (non-hydrogen) atoms. The van der Waals surface area contributed by atoms with Gasteiger partial charge in [-0.05, 0) is 24.1 Å². The van der Waals surface area contributed by atoms with Crippen LogP contribution in [0, 0.1) is 10.1 Å². The number of fused-ring (bicyclic) bond motifs is 1. The molecule has 0 bridgehead atoms. The number of hydrogen-bond acceptors (Lipinski definition) is 5. The summed E-state index contributed by atoms with van der Waals surface area (Å²) < 4.78 is 10.2. The molecule has 0 amide bonds. The number of carbonyl (C=O) groups is 1. The molecule has 94 valence electrons. The molecule has 1 aromatic carbocycles. The van der Waals surface area contributed by atoms with E-state index >= 15 is 0 Å². The van der Waals surface area contributed by atoms with Gasteiger partial charge in [0.15, 0.2) is 11.5 Å². The standard InChI is InChI=1S/C12H11NO5/c1-2-8(6-14)3-9-4-11-12(18-7-17-11)5-10(9)13(15)16/h3-6H,2,7H2,1H3. The van der Waals surface area contributed by atoms with Gasteiger partial charge in [0.25, 0.3) is 5.69 Å². The summed E-state index contributed by atoms with van der Waals surface area (Å²) in [5, 5.41) is 11.0. The average Bonchev–Trinajstić information content (AvgIpc) is 2.81. The fourth-order valence-electron chi connectivity index (χ4n) is 1.64. The summed E-state index contributed by atoms with van der Waals surface area (Å²) in [5.41, 5.74) is 0.720. The van der Waals surface area contributed by atoms with E-state index < -0.39 is 4.92 Å². The second kappa shape index (κ2) is 4.87. The van der Waals surface area contributed by atoms with Crippen LogP contribution < -0.4 is 9.47 Å². The Morgan fingerprint density at radius 3 is 2.67 bits per heavy atom. The molecule has 1 aliphatic heterocycles. The molecule has 0 saturated carbocycles. The van der Waals surface area contributed by atoms with Crippen molar-refractivity contribution in [3.8, 4) is 11.5 Å². The second-order valence-corrected chi connectivity index (χ2v) is 3.71. The lowest BCUT2D eigenvalue weighted by molar-refractivity contribution is -0.385. The summed E-state index contributed by atoms with van der Waals surface area (Å²) in [6.07, 6.45) is 2.69. The number of nitro benzene ring substituents is 1. The van der Waals surface area contributed by atoms with Gasteiger partial charge in [-0.3, -0.25) is 14.9 Å². The van der Waals surface area contributed by atoms with Crippen LogP contribution >= 0.6 is 0 Å². The van der Waals surface area contributed by atoms with Crippen molar-refractivity contribution in [2.75, 3.05) is 6.79 Å². The van der Waals surface area contributed by atoms with Crippen molar-refractivity contribution < 1.29 is 19.2 Å². The zero-order valence-corrected chi connectivity index (χ0v) is 9.71. The monoisotopic (exact) mass is 249 g/mol. The van der Waals surface area contributed by atoms with Crippen LogP contribution in [0.5, 0.6) is 11.5 Å². The summed E-state index contributed by atoms with van der Waals surface area (Å²) >= 11 is 0. The first-order chi connectivity index (χ1) is 8.65. The molecule has 0 spiro atoms. The van der Waals surface area contributed by atoms with Crippen molar-refractivity contribution in [2.45, 2.75) is 13.3 Å². The third-order valence-electron chi connectivity index (χ3n) is 2.62. The first-order valence-electron chi connectivity index (χ1n) is 5.39. The van der Waals surface area contributed by atoms with Crippen molar-refractivity contribution in [3.63, 3.8) is 0 Å². The zero-order chi connectivity index (χ0) is 13.1. The number of nitro groups is 1. The lowest BCUT2D eigenvalue weighted by Crippen LogP contribution is -1.93. The van der Waals surface area contributed by atoms with E-state index in [1.54, 1.807) is 6.92 Å². The molecule has 0 fully saturated rings. The predicted molar refractivity (Wildman–Crippen MR) is 63.6 cm³/mol.